The smallest absolute Gasteiger partial charge is 0.234 e. The van der Waals surface area contributed by atoms with Crippen LogP contribution >= 0.6 is 11.3 Å². The van der Waals surface area contributed by atoms with Crippen LogP contribution in [0.1, 0.15) is 37.0 Å². The monoisotopic (exact) mass is 384 g/mol. The third-order valence-corrected chi connectivity index (χ3v) is 5.84. The van der Waals surface area contributed by atoms with Crippen LogP contribution in [0.5, 0.6) is 0 Å². The van der Waals surface area contributed by atoms with Crippen molar-refractivity contribution < 1.29 is 4.79 Å². The third-order valence-electron chi connectivity index (χ3n) is 4.88. The minimum Gasteiger partial charge on any atom is -0.368 e. The number of hydrogen-bond donors (Lipinski definition) is 0. The van der Waals surface area contributed by atoms with Crippen LogP contribution in [0.25, 0.3) is 4.96 Å². The number of aromatic nitrogens is 4. The predicted molar refractivity (Wildman–Crippen MR) is 106 cm³/mol. The van der Waals surface area contributed by atoms with Crippen molar-refractivity contribution in [3.63, 3.8) is 0 Å². The number of piperazine rings is 1. The number of benzene rings is 1. The van der Waals surface area contributed by atoms with Gasteiger partial charge in [-0.3, -0.25) is 4.79 Å². The summed E-state index contributed by atoms with van der Waals surface area (Å²) in [5, 5.41) is 13.9. The Morgan fingerprint density at radius 1 is 1.11 bits per heavy atom. The Bertz CT molecular complexity index is 911. The van der Waals surface area contributed by atoms with Gasteiger partial charge in [-0.25, -0.2) is 0 Å². The van der Waals surface area contributed by atoms with E-state index in [0.717, 1.165) is 42.0 Å². The summed E-state index contributed by atoms with van der Waals surface area (Å²) in [5.74, 6) is 1.35. The largest absolute Gasteiger partial charge is 0.368 e. The number of hydrogen-bond acceptors (Lipinski definition) is 6. The first kappa shape index (κ1) is 17.9. The molecular formula is C19H24N6OS. The topological polar surface area (TPSA) is 66.6 Å². The highest BCUT2D eigenvalue weighted by atomic mass is 32.1. The number of rotatable bonds is 5. The number of anilines is 1. The number of para-hydroxylation sites is 1. The maximum absolute atomic E-state index is 12.6. The number of amides is 1. The zero-order valence-electron chi connectivity index (χ0n) is 15.7. The lowest BCUT2D eigenvalue weighted by Crippen LogP contribution is -2.48. The quantitative estimate of drug-likeness (QED) is 0.676. The number of carbonyl (C=O) groups is 1. The molecule has 3 aromatic rings. The average Bonchev–Trinajstić information content (AvgIpc) is 3.27. The Kier molecular flexibility index (Phi) is 5.07. The summed E-state index contributed by atoms with van der Waals surface area (Å²) in [6, 6.07) is 10.4. The molecule has 4 rings (SSSR count). The standard InChI is InChI=1S/C19H24N6OS/c1-14(2)18-20-21-19-25(18)22-16(27-19)8-9-17(26)24-12-10-23(11-13-24)15-6-4-3-5-7-15/h3-7,14H,8-13H2,1-2H3. The van der Waals surface area contributed by atoms with Crippen LogP contribution in [0, 0.1) is 0 Å². The van der Waals surface area contributed by atoms with E-state index in [0.29, 0.717) is 12.8 Å². The molecule has 27 heavy (non-hydrogen) atoms. The average molecular weight is 385 g/mol. The summed E-state index contributed by atoms with van der Waals surface area (Å²) < 4.78 is 1.81. The fourth-order valence-corrected chi connectivity index (χ4v) is 4.20. The van der Waals surface area contributed by atoms with Gasteiger partial charge in [0, 0.05) is 50.6 Å². The summed E-state index contributed by atoms with van der Waals surface area (Å²) in [6.45, 7) is 7.46. The van der Waals surface area contributed by atoms with E-state index in [-0.39, 0.29) is 11.8 Å². The minimum absolute atomic E-state index is 0.206. The van der Waals surface area contributed by atoms with E-state index in [2.05, 4.69) is 58.3 Å². The molecule has 8 heteroatoms. The van der Waals surface area contributed by atoms with E-state index in [1.807, 2.05) is 15.5 Å². The molecule has 1 aromatic carbocycles. The van der Waals surface area contributed by atoms with Crippen LogP contribution in [0.2, 0.25) is 0 Å². The Balaban J connectivity index is 1.31. The van der Waals surface area contributed by atoms with E-state index in [4.69, 9.17) is 0 Å². The van der Waals surface area contributed by atoms with Crippen molar-refractivity contribution in [2.24, 2.45) is 0 Å². The summed E-state index contributed by atoms with van der Waals surface area (Å²) >= 11 is 1.52. The SMILES string of the molecule is CC(C)c1nnc2sc(CCC(=O)N3CCN(c4ccccc4)CC3)nn12. The second kappa shape index (κ2) is 7.64. The van der Waals surface area contributed by atoms with Gasteiger partial charge in [0.2, 0.25) is 10.9 Å². The molecule has 7 nitrogen and oxygen atoms in total. The summed E-state index contributed by atoms with van der Waals surface area (Å²) in [6.07, 6.45) is 1.15. The lowest BCUT2D eigenvalue weighted by Gasteiger charge is -2.36. The molecule has 142 valence electrons. The number of aryl methyl sites for hydroxylation is 1. The second-order valence-corrected chi connectivity index (χ2v) is 8.15. The van der Waals surface area contributed by atoms with Gasteiger partial charge in [0.15, 0.2) is 5.82 Å². The van der Waals surface area contributed by atoms with E-state index in [1.54, 1.807) is 0 Å². The van der Waals surface area contributed by atoms with Gasteiger partial charge < -0.3 is 9.80 Å². The molecule has 0 bridgehead atoms. The zero-order valence-corrected chi connectivity index (χ0v) is 16.5. The van der Waals surface area contributed by atoms with Crippen molar-refractivity contribution in [3.05, 3.63) is 41.2 Å². The van der Waals surface area contributed by atoms with E-state index in [1.165, 1.54) is 17.0 Å². The molecule has 1 saturated heterocycles. The van der Waals surface area contributed by atoms with Crippen LogP contribution < -0.4 is 4.90 Å². The van der Waals surface area contributed by atoms with Gasteiger partial charge in [-0.15, -0.1) is 10.2 Å². The Labute approximate surface area is 162 Å². The molecule has 0 radical (unpaired) electrons. The number of carbonyl (C=O) groups excluding carboxylic acids is 1. The number of nitrogens with zero attached hydrogens (tertiary/aromatic N) is 6. The molecule has 0 N–H and O–H groups in total. The van der Waals surface area contributed by atoms with Gasteiger partial charge in [-0.2, -0.15) is 9.61 Å². The van der Waals surface area contributed by atoms with E-state index < -0.39 is 0 Å². The molecule has 0 atom stereocenters. The van der Waals surface area contributed by atoms with Crippen molar-refractivity contribution in [2.75, 3.05) is 31.1 Å². The molecule has 1 fully saturated rings. The predicted octanol–water partition coefficient (Wildman–Crippen LogP) is 2.59. The maximum atomic E-state index is 12.6. The van der Waals surface area contributed by atoms with Crippen LogP contribution in [0.3, 0.4) is 0 Å². The highest BCUT2D eigenvalue weighted by molar-refractivity contribution is 7.16. The highest BCUT2D eigenvalue weighted by Crippen LogP contribution is 2.20. The van der Waals surface area contributed by atoms with Gasteiger partial charge in [0.1, 0.15) is 5.01 Å². The first-order valence-corrected chi connectivity index (χ1v) is 10.2. The molecular weight excluding hydrogens is 360 g/mol. The molecule has 1 aliphatic rings. The van der Waals surface area contributed by atoms with Crippen molar-refractivity contribution in [2.45, 2.75) is 32.6 Å². The van der Waals surface area contributed by atoms with Crippen molar-refractivity contribution in [1.82, 2.24) is 24.7 Å². The summed E-state index contributed by atoms with van der Waals surface area (Å²) in [4.78, 5) is 17.7. The van der Waals surface area contributed by atoms with Crippen molar-refractivity contribution >= 4 is 27.9 Å². The van der Waals surface area contributed by atoms with Gasteiger partial charge in [-0.05, 0) is 12.1 Å². The molecule has 2 aromatic heterocycles. The lowest BCUT2D eigenvalue weighted by atomic mass is 10.2. The summed E-state index contributed by atoms with van der Waals surface area (Å²) in [5.41, 5.74) is 1.23. The Hall–Kier alpha value is -2.48. The van der Waals surface area contributed by atoms with Gasteiger partial charge in [-0.1, -0.05) is 43.4 Å². The van der Waals surface area contributed by atoms with Crippen LogP contribution in [0.4, 0.5) is 5.69 Å². The van der Waals surface area contributed by atoms with E-state index in [9.17, 15) is 4.79 Å². The van der Waals surface area contributed by atoms with Gasteiger partial charge in [0.25, 0.3) is 0 Å². The summed E-state index contributed by atoms with van der Waals surface area (Å²) in [7, 11) is 0. The fourth-order valence-electron chi connectivity index (χ4n) is 3.36. The van der Waals surface area contributed by atoms with Crippen molar-refractivity contribution in [3.8, 4) is 0 Å². The molecule has 0 aliphatic carbocycles. The molecule has 0 saturated carbocycles. The third kappa shape index (κ3) is 3.80. The van der Waals surface area contributed by atoms with Crippen molar-refractivity contribution in [1.29, 1.82) is 0 Å². The Morgan fingerprint density at radius 2 is 1.85 bits per heavy atom. The fraction of sp³-hybridized carbons (Fsp3) is 0.474. The maximum Gasteiger partial charge on any atom is 0.234 e. The minimum atomic E-state index is 0.206. The highest BCUT2D eigenvalue weighted by Gasteiger charge is 2.22. The van der Waals surface area contributed by atoms with Crippen LogP contribution in [-0.4, -0.2) is 56.8 Å². The molecule has 3 heterocycles. The normalized spacial score (nSPS) is 15.1. The Morgan fingerprint density at radius 3 is 2.56 bits per heavy atom. The first-order valence-electron chi connectivity index (χ1n) is 9.40. The molecule has 1 aliphatic heterocycles. The molecule has 0 spiro atoms. The van der Waals surface area contributed by atoms with Gasteiger partial charge in [0.05, 0.1) is 0 Å². The molecule has 0 unspecified atom stereocenters. The second-order valence-electron chi connectivity index (χ2n) is 7.11. The van der Waals surface area contributed by atoms with E-state index >= 15 is 0 Å². The molecule has 1 amide bonds. The van der Waals surface area contributed by atoms with Crippen LogP contribution in [0.15, 0.2) is 30.3 Å². The lowest BCUT2D eigenvalue weighted by molar-refractivity contribution is -0.131. The first-order chi connectivity index (χ1) is 13.1. The van der Waals surface area contributed by atoms with Gasteiger partial charge >= 0.3 is 0 Å². The van der Waals surface area contributed by atoms with Crippen LogP contribution in [-0.2, 0) is 11.2 Å². The zero-order chi connectivity index (χ0) is 18.8. The number of fused-ring (bicyclic) bond motifs is 1.